The predicted octanol–water partition coefficient (Wildman–Crippen LogP) is 3.51. The normalized spacial score (nSPS) is 11.6. The molecule has 1 amide bonds. The molecule has 0 bridgehead atoms. The number of amides is 1. The average molecular weight is 380 g/mol. The Balaban J connectivity index is 1.66. The van der Waals surface area contributed by atoms with Gasteiger partial charge < -0.3 is 13.9 Å². The van der Waals surface area contributed by atoms with Gasteiger partial charge >= 0.3 is 0 Å². The number of allylic oxidation sites excluding steroid dienone is 1. The number of carbonyl (C=O) groups is 1. The van der Waals surface area contributed by atoms with E-state index in [1.54, 1.807) is 50.8 Å². The number of carbonyl (C=O) groups excluding carboxylic acids is 1. The summed E-state index contributed by atoms with van der Waals surface area (Å²) in [4.78, 5) is 12.2. The standard InChI is InChI=1S/C20H20N4O4/c1-13(9-15-5-4-8-28-15)12-21-24-20(25)17-11-16(22-23-17)14-6-7-18(26-2)19(10-14)27-3/h4-12H,1-3H3,(H,22,23)(H,24,25)/b13-9+,21-12+. The molecule has 8 heteroatoms. The molecule has 0 spiro atoms. The van der Waals surface area contributed by atoms with Crippen molar-refractivity contribution in [3.63, 3.8) is 0 Å². The number of hydrogen-bond donors (Lipinski definition) is 2. The van der Waals surface area contributed by atoms with Crippen molar-refractivity contribution in [1.82, 2.24) is 15.6 Å². The predicted molar refractivity (Wildman–Crippen MR) is 105 cm³/mol. The molecule has 2 heterocycles. The number of ether oxygens (including phenoxy) is 2. The number of hydrogen-bond acceptors (Lipinski definition) is 6. The summed E-state index contributed by atoms with van der Waals surface area (Å²) in [6, 6.07) is 10.7. The van der Waals surface area contributed by atoms with Crippen LogP contribution in [0.3, 0.4) is 0 Å². The molecule has 0 saturated heterocycles. The Hall–Kier alpha value is -3.81. The first-order chi connectivity index (χ1) is 13.6. The van der Waals surface area contributed by atoms with Crippen LogP contribution in [0.25, 0.3) is 17.3 Å². The molecule has 3 rings (SSSR count). The Labute approximate surface area is 161 Å². The fourth-order valence-corrected chi connectivity index (χ4v) is 2.47. The summed E-state index contributed by atoms with van der Waals surface area (Å²) in [5, 5.41) is 10.8. The van der Waals surface area contributed by atoms with E-state index in [4.69, 9.17) is 13.9 Å². The van der Waals surface area contributed by atoms with E-state index in [2.05, 4.69) is 20.7 Å². The first-order valence-electron chi connectivity index (χ1n) is 8.43. The van der Waals surface area contributed by atoms with Crippen molar-refractivity contribution in [2.45, 2.75) is 6.92 Å². The van der Waals surface area contributed by atoms with E-state index in [0.717, 1.165) is 11.1 Å². The number of furan rings is 1. The van der Waals surface area contributed by atoms with Gasteiger partial charge in [-0.15, -0.1) is 0 Å². The topological polar surface area (TPSA) is 102 Å². The Bertz CT molecular complexity index is 1000. The number of nitrogens with zero attached hydrogens (tertiary/aromatic N) is 2. The van der Waals surface area contributed by atoms with Gasteiger partial charge in [-0.05, 0) is 55.0 Å². The first-order valence-corrected chi connectivity index (χ1v) is 8.43. The second-order valence-electron chi connectivity index (χ2n) is 5.84. The number of aromatic nitrogens is 2. The third kappa shape index (κ3) is 4.47. The molecular weight excluding hydrogens is 360 g/mol. The monoisotopic (exact) mass is 380 g/mol. The number of nitrogens with one attached hydrogen (secondary N) is 2. The summed E-state index contributed by atoms with van der Waals surface area (Å²) < 4.78 is 15.7. The van der Waals surface area contributed by atoms with Crippen LogP contribution in [-0.2, 0) is 0 Å². The zero-order chi connectivity index (χ0) is 19.9. The second-order valence-corrected chi connectivity index (χ2v) is 5.84. The first kappa shape index (κ1) is 19.0. The number of rotatable bonds is 7. The molecule has 2 aromatic heterocycles. The molecule has 2 N–H and O–H groups in total. The maximum atomic E-state index is 12.2. The van der Waals surface area contributed by atoms with Crippen LogP contribution >= 0.6 is 0 Å². The summed E-state index contributed by atoms with van der Waals surface area (Å²) in [6.07, 6.45) is 4.93. The molecule has 28 heavy (non-hydrogen) atoms. The van der Waals surface area contributed by atoms with E-state index in [-0.39, 0.29) is 5.69 Å². The van der Waals surface area contributed by atoms with Gasteiger partial charge in [0.15, 0.2) is 11.5 Å². The Kier molecular flexibility index (Phi) is 5.91. The van der Waals surface area contributed by atoms with Gasteiger partial charge in [-0.1, -0.05) is 0 Å². The summed E-state index contributed by atoms with van der Waals surface area (Å²) in [5.74, 6) is 1.51. The lowest BCUT2D eigenvalue weighted by molar-refractivity contribution is 0.0950. The smallest absolute Gasteiger partial charge is 0.289 e. The fourth-order valence-electron chi connectivity index (χ4n) is 2.47. The highest BCUT2D eigenvalue weighted by molar-refractivity contribution is 5.94. The van der Waals surface area contributed by atoms with Crippen molar-refractivity contribution in [3.8, 4) is 22.8 Å². The molecule has 144 valence electrons. The maximum absolute atomic E-state index is 12.2. The lowest BCUT2D eigenvalue weighted by Crippen LogP contribution is -2.17. The van der Waals surface area contributed by atoms with Gasteiger partial charge in [0.1, 0.15) is 11.5 Å². The van der Waals surface area contributed by atoms with Gasteiger partial charge in [0.2, 0.25) is 0 Å². The molecule has 0 fully saturated rings. The molecule has 1 aromatic carbocycles. The van der Waals surface area contributed by atoms with Gasteiger partial charge in [-0.25, -0.2) is 5.43 Å². The van der Waals surface area contributed by atoms with Gasteiger partial charge in [0.05, 0.1) is 32.4 Å². The Morgan fingerprint density at radius 2 is 2.04 bits per heavy atom. The van der Waals surface area contributed by atoms with Crippen molar-refractivity contribution in [2.75, 3.05) is 14.2 Å². The Morgan fingerprint density at radius 1 is 1.21 bits per heavy atom. The van der Waals surface area contributed by atoms with Crippen LogP contribution in [0, 0.1) is 0 Å². The number of methoxy groups -OCH3 is 2. The summed E-state index contributed by atoms with van der Waals surface area (Å²) in [6.45, 7) is 1.85. The van der Waals surface area contributed by atoms with Crippen molar-refractivity contribution in [1.29, 1.82) is 0 Å². The molecule has 0 radical (unpaired) electrons. The number of benzene rings is 1. The van der Waals surface area contributed by atoms with Crippen LogP contribution in [-0.4, -0.2) is 36.5 Å². The number of hydrazone groups is 1. The van der Waals surface area contributed by atoms with Crippen LogP contribution in [0.2, 0.25) is 0 Å². The molecule has 3 aromatic rings. The Morgan fingerprint density at radius 3 is 2.75 bits per heavy atom. The lowest BCUT2D eigenvalue weighted by Gasteiger charge is -2.08. The fraction of sp³-hybridized carbons (Fsp3) is 0.150. The zero-order valence-corrected chi connectivity index (χ0v) is 15.7. The summed E-state index contributed by atoms with van der Waals surface area (Å²) >= 11 is 0. The minimum Gasteiger partial charge on any atom is -0.493 e. The highest BCUT2D eigenvalue weighted by Gasteiger charge is 2.12. The summed E-state index contributed by atoms with van der Waals surface area (Å²) in [7, 11) is 3.13. The molecule has 0 unspecified atom stereocenters. The molecule has 8 nitrogen and oxygen atoms in total. The van der Waals surface area contributed by atoms with Crippen LogP contribution in [0.15, 0.2) is 57.8 Å². The molecule has 0 aliphatic heterocycles. The van der Waals surface area contributed by atoms with Gasteiger partial charge in [0.25, 0.3) is 5.91 Å². The van der Waals surface area contributed by atoms with Crippen molar-refractivity contribution >= 4 is 18.2 Å². The maximum Gasteiger partial charge on any atom is 0.289 e. The van der Waals surface area contributed by atoms with Crippen LogP contribution in [0.1, 0.15) is 23.2 Å². The highest BCUT2D eigenvalue weighted by Crippen LogP contribution is 2.31. The molecule has 0 aliphatic carbocycles. The quantitative estimate of drug-likeness (QED) is 0.482. The van der Waals surface area contributed by atoms with Gasteiger partial charge in [-0.3, -0.25) is 9.89 Å². The van der Waals surface area contributed by atoms with Crippen molar-refractivity contribution in [2.24, 2.45) is 5.10 Å². The third-order valence-electron chi connectivity index (χ3n) is 3.85. The van der Waals surface area contributed by atoms with Crippen molar-refractivity contribution in [3.05, 3.63) is 59.7 Å². The second kappa shape index (κ2) is 8.72. The van der Waals surface area contributed by atoms with Crippen molar-refractivity contribution < 1.29 is 18.7 Å². The molecule has 0 atom stereocenters. The average Bonchev–Trinajstić information content (AvgIpc) is 3.39. The van der Waals surface area contributed by atoms with E-state index in [1.807, 2.05) is 19.1 Å². The summed E-state index contributed by atoms with van der Waals surface area (Å²) in [5.41, 5.74) is 4.96. The van der Waals surface area contributed by atoms with Gasteiger partial charge in [-0.2, -0.15) is 10.2 Å². The minimum atomic E-state index is -0.402. The highest BCUT2D eigenvalue weighted by atomic mass is 16.5. The van der Waals surface area contributed by atoms with Crippen LogP contribution in [0.5, 0.6) is 11.5 Å². The van der Waals surface area contributed by atoms with Crippen LogP contribution < -0.4 is 14.9 Å². The number of aromatic amines is 1. The molecule has 0 aliphatic rings. The zero-order valence-electron chi connectivity index (χ0n) is 15.7. The molecular formula is C20H20N4O4. The third-order valence-corrected chi connectivity index (χ3v) is 3.85. The minimum absolute atomic E-state index is 0.287. The number of H-pyrrole nitrogens is 1. The lowest BCUT2D eigenvalue weighted by atomic mass is 10.1. The van der Waals surface area contributed by atoms with Crippen LogP contribution in [0.4, 0.5) is 0 Å². The molecule has 0 saturated carbocycles. The van der Waals surface area contributed by atoms with E-state index in [9.17, 15) is 4.79 Å². The largest absolute Gasteiger partial charge is 0.493 e. The van der Waals surface area contributed by atoms with E-state index >= 15 is 0 Å². The van der Waals surface area contributed by atoms with E-state index in [0.29, 0.717) is 23.0 Å². The van der Waals surface area contributed by atoms with E-state index in [1.165, 1.54) is 6.21 Å². The van der Waals surface area contributed by atoms with E-state index < -0.39 is 5.91 Å². The van der Waals surface area contributed by atoms with Gasteiger partial charge in [0, 0.05) is 5.56 Å². The SMILES string of the molecule is COc1ccc(-c2cc(C(=O)N/N=C/C(C)=C/c3ccco3)[nH]n2)cc1OC.